The van der Waals surface area contributed by atoms with E-state index in [1.807, 2.05) is 39.0 Å². The quantitative estimate of drug-likeness (QED) is 0.758. The summed E-state index contributed by atoms with van der Waals surface area (Å²) in [6, 6.07) is 10.2. The highest BCUT2D eigenvalue weighted by Crippen LogP contribution is 2.28. The first-order chi connectivity index (χ1) is 10.1. The molecule has 2 aromatic heterocycles. The van der Waals surface area contributed by atoms with Crippen LogP contribution < -0.4 is 5.43 Å². The summed E-state index contributed by atoms with van der Waals surface area (Å²) in [6.45, 7) is 8.90. The van der Waals surface area contributed by atoms with Crippen molar-refractivity contribution in [3.63, 3.8) is 0 Å². The monoisotopic (exact) mass is 280 g/mol. The summed E-state index contributed by atoms with van der Waals surface area (Å²) in [7, 11) is 0. The first-order valence-electron chi connectivity index (χ1n) is 7.34. The number of nitrogens with one attached hydrogen (secondary N) is 1. The van der Waals surface area contributed by atoms with Gasteiger partial charge >= 0.3 is 0 Å². The summed E-state index contributed by atoms with van der Waals surface area (Å²) in [5, 5.41) is 0.818. The first-order valence-corrected chi connectivity index (χ1v) is 7.34. The fourth-order valence-corrected chi connectivity index (χ4v) is 3.07. The topological polar surface area (TPSA) is 37.8 Å². The summed E-state index contributed by atoms with van der Waals surface area (Å²) in [4.78, 5) is 16.1. The van der Waals surface area contributed by atoms with Crippen LogP contribution in [0.4, 0.5) is 0 Å². The minimum Gasteiger partial charge on any atom is -0.340 e. The van der Waals surface area contributed by atoms with Crippen LogP contribution in [0.15, 0.2) is 35.1 Å². The van der Waals surface area contributed by atoms with Crippen LogP contribution in [-0.4, -0.2) is 9.55 Å². The Labute approximate surface area is 124 Å². The Bertz CT molecular complexity index is 870. The molecule has 3 heteroatoms. The van der Waals surface area contributed by atoms with Gasteiger partial charge in [-0.3, -0.25) is 4.79 Å². The molecule has 0 aliphatic rings. The Balaban J connectivity index is 2.45. The molecule has 3 rings (SSSR count). The molecular formula is C18H20N2O. The Morgan fingerprint density at radius 2 is 1.71 bits per heavy atom. The van der Waals surface area contributed by atoms with Gasteiger partial charge in [0.1, 0.15) is 5.65 Å². The van der Waals surface area contributed by atoms with Crippen LogP contribution in [0.25, 0.3) is 22.3 Å². The number of hydrogen-bond donors (Lipinski definition) is 1. The molecule has 0 unspecified atom stereocenters. The van der Waals surface area contributed by atoms with Gasteiger partial charge in [-0.05, 0) is 38.8 Å². The van der Waals surface area contributed by atoms with Gasteiger partial charge in [0.15, 0.2) is 5.43 Å². The van der Waals surface area contributed by atoms with E-state index >= 15 is 0 Å². The number of H-pyrrole nitrogens is 1. The van der Waals surface area contributed by atoms with E-state index in [4.69, 9.17) is 0 Å². The molecule has 0 amide bonds. The lowest BCUT2D eigenvalue weighted by atomic mass is 10.1. The molecule has 1 aromatic carbocycles. The zero-order chi connectivity index (χ0) is 15.1. The summed E-state index contributed by atoms with van der Waals surface area (Å²) in [6.07, 6.45) is 0. The average Bonchev–Trinajstić information content (AvgIpc) is 2.84. The van der Waals surface area contributed by atoms with Crippen LogP contribution in [0.1, 0.15) is 23.7 Å². The molecule has 0 bridgehead atoms. The minimum absolute atomic E-state index is 0.142. The standard InChI is InChI=1S/C18H20N2O/c1-5-20-13(4)11(2)17(21)15-12(3)16(19-18(15)20)14-9-7-6-8-10-14/h6-10,19H,5H2,1-4H3. The van der Waals surface area contributed by atoms with Gasteiger partial charge in [0.25, 0.3) is 0 Å². The zero-order valence-electron chi connectivity index (χ0n) is 12.9. The van der Waals surface area contributed by atoms with Gasteiger partial charge in [0, 0.05) is 17.8 Å². The van der Waals surface area contributed by atoms with Gasteiger partial charge in [0.2, 0.25) is 0 Å². The fourth-order valence-electron chi connectivity index (χ4n) is 3.07. The normalized spacial score (nSPS) is 11.2. The molecule has 0 aliphatic carbocycles. The first kappa shape index (κ1) is 13.7. The van der Waals surface area contributed by atoms with Gasteiger partial charge in [0.05, 0.1) is 11.1 Å². The molecule has 3 aromatic rings. The largest absolute Gasteiger partial charge is 0.340 e. The Morgan fingerprint density at radius 1 is 1.05 bits per heavy atom. The van der Waals surface area contributed by atoms with Crippen molar-refractivity contribution in [2.45, 2.75) is 34.2 Å². The molecule has 0 aliphatic heterocycles. The molecule has 1 N–H and O–H groups in total. The van der Waals surface area contributed by atoms with E-state index in [9.17, 15) is 4.79 Å². The van der Waals surface area contributed by atoms with E-state index in [1.165, 1.54) is 0 Å². The van der Waals surface area contributed by atoms with Gasteiger partial charge < -0.3 is 9.55 Å². The third-order valence-corrected chi connectivity index (χ3v) is 4.39. The maximum atomic E-state index is 12.6. The number of aryl methyl sites for hydroxylation is 2. The van der Waals surface area contributed by atoms with Gasteiger partial charge in [-0.1, -0.05) is 30.3 Å². The van der Waals surface area contributed by atoms with Crippen molar-refractivity contribution in [2.75, 3.05) is 0 Å². The summed E-state index contributed by atoms with van der Waals surface area (Å²) < 4.78 is 2.19. The number of pyridine rings is 1. The van der Waals surface area contributed by atoms with Crippen LogP contribution in [0.5, 0.6) is 0 Å². The van der Waals surface area contributed by atoms with Crippen molar-refractivity contribution in [1.82, 2.24) is 9.55 Å². The lowest BCUT2D eigenvalue weighted by Gasteiger charge is -2.12. The third-order valence-electron chi connectivity index (χ3n) is 4.39. The van der Waals surface area contributed by atoms with Crippen molar-refractivity contribution >= 4 is 11.0 Å². The van der Waals surface area contributed by atoms with Crippen molar-refractivity contribution < 1.29 is 0 Å². The molecule has 0 atom stereocenters. The number of hydrogen-bond acceptors (Lipinski definition) is 1. The highest BCUT2D eigenvalue weighted by atomic mass is 16.1. The molecular weight excluding hydrogens is 260 g/mol. The van der Waals surface area contributed by atoms with Crippen molar-refractivity contribution in [3.8, 4) is 11.3 Å². The molecule has 21 heavy (non-hydrogen) atoms. The summed E-state index contributed by atoms with van der Waals surface area (Å²) in [5.74, 6) is 0. The number of aromatic nitrogens is 2. The lowest BCUT2D eigenvalue weighted by Crippen LogP contribution is -2.15. The van der Waals surface area contributed by atoms with Gasteiger partial charge in [-0.2, -0.15) is 0 Å². The highest BCUT2D eigenvalue weighted by molar-refractivity contribution is 5.89. The minimum atomic E-state index is 0.142. The molecule has 0 saturated heterocycles. The maximum Gasteiger partial charge on any atom is 0.194 e. The number of nitrogens with zero attached hydrogens (tertiary/aromatic N) is 1. The van der Waals surface area contributed by atoms with E-state index in [1.54, 1.807) is 0 Å². The molecule has 0 radical (unpaired) electrons. The van der Waals surface area contributed by atoms with E-state index in [2.05, 4.69) is 28.6 Å². The number of fused-ring (bicyclic) bond motifs is 1. The molecule has 3 nitrogen and oxygen atoms in total. The van der Waals surface area contributed by atoms with Crippen LogP contribution in [0.2, 0.25) is 0 Å². The second-order valence-corrected chi connectivity index (χ2v) is 5.50. The molecule has 0 fully saturated rings. The third kappa shape index (κ3) is 1.92. The summed E-state index contributed by atoms with van der Waals surface area (Å²) >= 11 is 0. The zero-order valence-corrected chi connectivity index (χ0v) is 12.9. The van der Waals surface area contributed by atoms with Crippen LogP contribution in [0, 0.1) is 20.8 Å². The van der Waals surface area contributed by atoms with E-state index < -0.39 is 0 Å². The molecule has 2 heterocycles. The predicted molar refractivity (Wildman–Crippen MR) is 87.9 cm³/mol. The van der Waals surface area contributed by atoms with Crippen molar-refractivity contribution in [2.24, 2.45) is 0 Å². The van der Waals surface area contributed by atoms with Crippen molar-refractivity contribution in [3.05, 3.63) is 57.4 Å². The second kappa shape index (κ2) is 4.92. The molecule has 0 saturated carbocycles. The summed E-state index contributed by atoms with van der Waals surface area (Å²) in [5.41, 5.74) is 6.14. The molecule has 0 spiro atoms. The van der Waals surface area contributed by atoms with Gasteiger partial charge in [-0.25, -0.2) is 0 Å². The maximum absolute atomic E-state index is 12.6. The van der Waals surface area contributed by atoms with Gasteiger partial charge in [-0.15, -0.1) is 0 Å². The van der Waals surface area contributed by atoms with Crippen LogP contribution in [-0.2, 0) is 6.54 Å². The Hall–Kier alpha value is -2.29. The Morgan fingerprint density at radius 3 is 2.33 bits per heavy atom. The number of benzene rings is 1. The smallest absolute Gasteiger partial charge is 0.194 e. The van der Waals surface area contributed by atoms with Crippen LogP contribution >= 0.6 is 0 Å². The van der Waals surface area contributed by atoms with E-state index in [0.717, 1.165) is 45.7 Å². The average molecular weight is 280 g/mol. The molecule has 108 valence electrons. The highest BCUT2D eigenvalue weighted by Gasteiger charge is 2.17. The van der Waals surface area contributed by atoms with Crippen molar-refractivity contribution in [1.29, 1.82) is 0 Å². The van der Waals surface area contributed by atoms with E-state index in [-0.39, 0.29) is 5.43 Å². The van der Waals surface area contributed by atoms with Crippen LogP contribution in [0.3, 0.4) is 0 Å². The SMILES string of the molecule is CCn1c(C)c(C)c(=O)c2c(C)c(-c3ccccc3)[nH]c21. The Kier molecular flexibility index (Phi) is 3.20. The second-order valence-electron chi connectivity index (χ2n) is 5.50. The predicted octanol–water partition coefficient (Wildman–Crippen LogP) is 3.94. The number of aromatic amines is 1. The lowest BCUT2D eigenvalue weighted by molar-refractivity contribution is 0.744. The van der Waals surface area contributed by atoms with E-state index in [0.29, 0.717) is 0 Å². The number of rotatable bonds is 2. The fraction of sp³-hybridized carbons (Fsp3) is 0.278.